The molecular weight excluding hydrogens is 160 g/mol. The van der Waals surface area contributed by atoms with Crippen molar-refractivity contribution in [1.82, 2.24) is 10.2 Å². The van der Waals surface area contributed by atoms with Gasteiger partial charge in [0.25, 0.3) is 0 Å². The molecule has 13 heavy (non-hydrogen) atoms. The molecule has 76 valence electrons. The van der Waals surface area contributed by atoms with Crippen LogP contribution in [-0.2, 0) is 0 Å². The molecule has 0 bridgehead atoms. The van der Waals surface area contributed by atoms with Crippen LogP contribution in [0.5, 0.6) is 0 Å². The lowest BCUT2D eigenvalue weighted by Crippen LogP contribution is -2.28. The Labute approximate surface area is 81.7 Å². The van der Waals surface area contributed by atoms with E-state index in [4.69, 9.17) is 0 Å². The summed E-state index contributed by atoms with van der Waals surface area (Å²) < 4.78 is 0. The maximum atomic E-state index is 3.44. The second-order valence-electron chi connectivity index (χ2n) is 5.03. The van der Waals surface area contributed by atoms with Gasteiger partial charge in [0, 0.05) is 19.6 Å². The summed E-state index contributed by atoms with van der Waals surface area (Å²) in [5.41, 5.74) is 0. The Balaban J connectivity index is 1.76. The van der Waals surface area contributed by atoms with Gasteiger partial charge in [-0.2, -0.15) is 0 Å². The Morgan fingerprint density at radius 1 is 1.23 bits per heavy atom. The van der Waals surface area contributed by atoms with Gasteiger partial charge in [-0.25, -0.2) is 0 Å². The highest BCUT2D eigenvalue weighted by atomic mass is 15.2. The summed E-state index contributed by atoms with van der Waals surface area (Å²) >= 11 is 0. The fraction of sp³-hybridized carbons (Fsp3) is 1.00. The van der Waals surface area contributed by atoms with Crippen LogP contribution in [0, 0.1) is 17.8 Å². The van der Waals surface area contributed by atoms with E-state index in [0.717, 1.165) is 17.8 Å². The first-order chi connectivity index (χ1) is 6.25. The molecule has 2 aliphatic heterocycles. The van der Waals surface area contributed by atoms with Crippen molar-refractivity contribution >= 4 is 0 Å². The molecule has 3 unspecified atom stereocenters. The molecule has 2 saturated heterocycles. The standard InChI is InChI=1S/C11H22N2/c1-9-6-13(7-10(9)2)8-11-3-4-12-5-11/h9-12H,3-8H2,1-2H3. The summed E-state index contributed by atoms with van der Waals surface area (Å²) in [6.07, 6.45) is 1.39. The van der Waals surface area contributed by atoms with Crippen LogP contribution in [0.1, 0.15) is 20.3 Å². The molecule has 0 amide bonds. The first-order valence-corrected chi connectivity index (χ1v) is 5.69. The van der Waals surface area contributed by atoms with Crippen molar-refractivity contribution in [2.24, 2.45) is 17.8 Å². The van der Waals surface area contributed by atoms with Gasteiger partial charge in [0.1, 0.15) is 0 Å². The molecule has 2 aliphatic rings. The number of hydrogen-bond donors (Lipinski definition) is 1. The maximum absolute atomic E-state index is 3.44. The predicted octanol–water partition coefficient (Wildman–Crippen LogP) is 1.18. The molecule has 3 atom stereocenters. The SMILES string of the molecule is CC1CN(CC2CCNC2)CC1C. The summed E-state index contributed by atoms with van der Waals surface area (Å²) in [5, 5.41) is 3.44. The lowest BCUT2D eigenvalue weighted by molar-refractivity contribution is 0.276. The second-order valence-corrected chi connectivity index (χ2v) is 5.03. The zero-order valence-corrected chi connectivity index (χ0v) is 8.92. The molecule has 0 aromatic rings. The first-order valence-electron chi connectivity index (χ1n) is 5.69. The van der Waals surface area contributed by atoms with Crippen LogP contribution in [0.2, 0.25) is 0 Å². The van der Waals surface area contributed by atoms with E-state index in [1.54, 1.807) is 0 Å². The molecule has 2 heteroatoms. The minimum Gasteiger partial charge on any atom is -0.316 e. The second kappa shape index (κ2) is 3.97. The Kier molecular flexibility index (Phi) is 2.89. The molecule has 2 heterocycles. The van der Waals surface area contributed by atoms with E-state index < -0.39 is 0 Å². The highest BCUT2D eigenvalue weighted by Crippen LogP contribution is 2.23. The van der Waals surface area contributed by atoms with Gasteiger partial charge < -0.3 is 10.2 Å². The summed E-state index contributed by atoms with van der Waals surface area (Å²) in [6.45, 7) is 11.3. The molecule has 1 N–H and O–H groups in total. The van der Waals surface area contributed by atoms with Crippen LogP contribution in [0.3, 0.4) is 0 Å². The maximum Gasteiger partial charge on any atom is 0.00225 e. The lowest BCUT2D eigenvalue weighted by Gasteiger charge is -2.19. The van der Waals surface area contributed by atoms with Gasteiger partial charge in [0.15, 0.2) is 0 Å². The molecular formula is C11H22N2. The molecule has 0 radical (unpaired) electrons. The highest BCUT2D eigenvalue weighted by molar-refractivity contribution is 4.82. The van der Waals surface area contributed by atoms with Crippen LogP contribution in [-0.4, -0.2) is 37.6 Å². The van der Waals surface area contributed by atoms with Crippen molar-refractivity contribution in [3.63, 3.8) is 0 Å². The number of hydrogen-bond acceptors (Lipinski definition) is 2. The summed E-state index contributed by atoms with van der Waals surface area (Å²) in [4.78, 5) is 2.66. The highest BCUT2D eigenvalue weighted by Gasteiger charge is 2.28. The monoisotopic (exact) mass is 182 g/mol. The van der Waals surface area contributed by atoms with E-state index >= 15 is 0 Å². The Morgan fingerprint density at radius 3 is 2.46 bits per heavy atom. The average molecular weight is 182 g/mol. The van der Waals surface area contributed by atoms with Crippen molar-refractivity contribution in [1.29, 1.82) is 0 Å². The fourth-order valence-electron chi connectivity index (χ4n) is 2.63. The number of likely N-dealkylation sites (tertiary alicyclic amines) is 1. The van der Waals surface area contributed by atoms with Crippen LogP contribution in [0.4, 0.5) is 0 Å². The zero-order chi connectivity index (χ0) is 9.26. The summed E-state index contributed by atoms with van der Waals surface area (Å²) in [7, 11) is 0. The van der Waals surface area contributed by atoms with Crippen molar-refractivity contribution in [2.75, 3.05) is 32.7 Å². The molecule has 0 spiro atoms. The predicted molar refractivity (Wildman–Crippen MR) is 55.7 cm³/mol. The number of nitrogens with one attached hydrogen (secondary N) is 1. The van der Waals surface area contributed by atoms with Crippen molar-refractivity contribution < 1.29 is 0 Å². The average Bonchev–Trinajstić information content (AvgIpc) is 2.64. The fourth-order valence-corrected chi connectivity index (χ4v) is 2.63. The molecule has 2 fully saturated rings. The largest absolute Gasteiger partial charge is 0.316 e. The van der Waals surface area contributed by atoms with Gasteiger partial charge in [-0.15, -0.1) is 0 Å². The van der Waals surface area contributed by atoms with Gasteiger partial charge in [-0.1, -0.05) is 13.8 Å². The normalized spacial score (nSPS) is 41.5. The molecule has 0 aromatic heterocycles. The van der Waals surface area contributed by atoms with Crippen molar-refractivity contribution in [3.05, 3.63) is 0 Å². The van der Waals surface area contributed by atoms with Gasteiger partial charge in [-0.05, 0) is 37.3 Å². The first kappa shape index (κ1) is 9.47. The Bertz CT molecular complexity index is 153. The van der Waals surface area contributed by atoms with Gasteiger partial charge in [0.05, 0.1) is 0 Å². The van der Waals surface area contributed by atoms with Gasteiger partial charge >= 0.3 is 0 Å². The van der Waals surface area contributed by atoms with Crippen molar-refractivity contribution in [2.45, 2.75) is 20.3 Å². The van der Waals surface area contributed by atoms with Gasteiger partial charge in [-0.3, -0.25) is 0 Å². The summed E-state index contributed by atoms with van der Waals surface area (Å²) in [5.74, 6) is 2.75. The zero-order valence-electron chi connectivity index (χ0n) is 8.92. The molecule has 0 saturated carbocycles. The molecule has 0 aromatic carbocycles. The van der Waals surface area contributed by atoms with Crippen LogP contribution >= 0.6 is 0 Å². The minimum atomic E-state index is 0.911. The minimum absolute atomic E-state index is 0.911. The smallest absolute Gasteiger partial charge is 0.00225 e. The quantitative estimate of drug-likeness (QED) is 0.690. The molecule has 2 nitrogen and oxygen atoms in total. The molecule has 2 rings (SSSR count). The van der Waals surface area contributed by atoms with Crippen LogP contribution < -0.4 is 5.32 Å². The third-order valence-corrected chi connectivity index (χ3v) is 3.74. The van der Waals surface area contributed by atoms with Gasteiger partial charge in [0.2, 0.25) is 0 Å². The molecule has 0 aliphatic carbocycles. The number of nitrogens with zero attached hydrogens (tertiary/aromatic N) is 1. The van der Waals surface area contributed by atoms with E-state index in [9.17, 15) is 0 Å². The Morgan fingerprint density at radius 2 is 1.92 bits per heavy atom. The third-order valence-electron chi connectivity index (χ3n) is 3.74. The van der Waals surface area contributed by atoms with Crippen molar-refractivity contribution in [3.8, 4) is 0 Å². The topological polar surface area (TPSA) is 15.3 Å². The van der Waals surface area contributed by atoms with E-state index in [1.807, 2.05) is 0 Å². The lowest BCUT2D eigenvalue weighted by atomic mass is 10.0. The Hall–Kier alpha value is -0.0800. The van der Waals surface area contributed by atoms with E-state index in [2.05, 4.69) is 24.1 Å². The number of rotatable bonds is 2. The summed E-state index contributed by atoms with van der Waals surface area (Å²) in [6, 6.07) is 0. The van der Waals surface area contributed by atoms with E-state index in [1.165, 1.54) is 39.1 Å². The van der Waals surface area contributed by atoms with E-state index in [-0.39, 0.29) is 0 Å². The third kappa shape index (κ3) is 2.23. The van der Waals surface area contributed by atoms with Crippen LogP contribution in [0.15, 0.2) is 0 Å². The van der Waals surface area contributed by atoms with Crippen LogP contribution in [0.25, 0.3) is 0 Å². The van der Waals surface area contributed by atoms with E-state index in [0.29, 0.717) is 0 Å².